The van der Waals surface area contributed by atoms with Crippen LogP contribution in [0.15, 0.2) is 53.4 Å². The number of hydrogen-bond acceptors (Lipinski definition) is 4. The Morgan fingerprint density at radius 1 is 1.15 bits per heavy atom. The molecule has 0 spiro atoms. The zero-order valence-electron chi connectivity index (χ0n) is 15.5. The predicted molar refractivity (Wildman–Crippen MR) is 105 cm³/mol. The minimum atomic E-state index is -0.130. The fraction of sp³-hybridized carbons (Fsp3) is 0.381. The van der Waals surface area contributed by atoms with E-state index in [9.17, 15) is 4.79 Å². The molecule has 0 N–H and O–H groups in total. The third-order valence-electron chi connectivity index (χ3n) is 4.74. The van der Waals surface area contributed by atoms with Gasteiger partial charge in [-0.2, -0.15) is 0 Å². The summed E-state index contributed by atoms with van der Waals surface area (Å²) in [6.07, 6.45) is 1.94. The van der Waals surface area contributed by atoms with E-state index in [1.54, 1.807) is 26.0 Å². The molecule has 0 bridgehead atoms. The lowest BCUT2D eigenvalue weighted by molar-refractivity contribution is -0.131. The number of amides is 1. The van der Waals surface area contributed by atoms with Crippen molar-refractivity contribution in [2.75, 3.05) is 20.8 Å². The van der Waals surface area contributed by atoms with Crippen LogP contribution in [0.2, 0.25) is 0 Å². The molecule has 2 atom stereocenters. The normalized spacial score (nSPS) is 17.8. The molecule has 1 aliphatic rings. The molecule has 1 heterocycles. The lowest BCUT2D eigenvalue weighted by atomic mass is 10.0. The van der Waals surface area contributed by atoms with Gasteiger partial charge in [-0.3, -0.25) is 4.79 Å². The highest BCUT2D eigenvalue weighted by Crippen LogP contribution is 2.40. The van der Waals surface area contributed by atoms with Gasteiger partial charge in [0.15, 0.2) is 0 Å². The number of rotatable bonds is 6. The summed E-state index contributed by atoms with van der Waals surface area (Å²) in [6.45, 7) is 2.77. The fourth-order valence-electron chi connectivity index (χ4n) is 3.44. The molecule has 26 heavy (non-hydrogen) atoms. The number of methoxy groups -OCH3 is 2. The van der Waals surface area contributed by atoms with E-state index in [2.05, 4.69) is 0 Å². The average Bonchev–Trinajstić information content (AvgIpc) is 3.17. The highest BCUT2D eigenvalue weighted by atomic mass is 32.2. The van der Waals surface area contributed by atoms with E-state index in [0.717, 1.165) is 41.3 Å². The van der Waals surface area contributed by atoms with Crippen molar-refractivity contribution in [3.8, 4) is 11.5 Å². The summed E-state index contributed by atoms with van der Waals surface area (Å²) in [5.74, 6) is 1.76. The van der Waals surface area contributed by atoms with Crippen LogP contribution in [-0.2, 0) is 4.79 Å². The number of thioether (sulfide) groups is 1. The molecule has 0 aliphatic carbocycles. The molecule has 1 aliphatic heterocycles. The first-order valence-corrected chi connectivity index (χ1v) is 9.76. The van der Waals surface area contributed by atoms with Gasteiger partial charge in [-0.05, 0) is 50.1 Å². The summed E-state index contributed by atoms with van der Waals surface area (Å²) in [6, 6.07) is 15.9. The molecule has 0 unspecified atom stereocenters. The number of ether oxygens (including phenoxy) is 2. The molecule has 5 heteroatoms. The smallest absolute Gasteiger partial charge is 0.236 e. The summed E-state index contributed by atoms with van der Waals surface area (Å²) in [4.78, 5) is 16.2. The lowest BCUT2D eigenvalue weighted by Crippen LogP contribution is -2.36. The molecule has 138 valence electrons. The van der Waals surface area contributed by atoms with Crippen LogP contribution in [0.25, 0.3) is 0 Å². The topological polar surface area (TPSA) is 38.8 Å². The molecule has 0 aromatic heterocycles. The van der Waals surface area contributed by atoms with Gasteiger partial charge in [0.25, 0.3) is 0 Å². The van der Waals surface area contributed by atoms with Gasteiger partial charge >= 0.3 is 0 Å². The van der Waals surface area contributed by atoms with Crippen molar-refractivity contribution in [3.63, 3.8) is 0 Å². The molecule has 0 radical (unpaired) electrons. The Labute approximate surface area is 159 Å². The van der Waals surface area contributed by atoms with Crippen molar-refractivity contribution in [3.05, 3.63) is 54.1 Å². The monoisotopic (exact) mass is 371 g/mol. The summed E-state index contributed by atoms with van der Waals surface area (Å²) >= 11 is 1.61. The van der Waals surface area contributed by atoms with Gasteiger partial charge in [0.1, 0.15) is 11.5 Å². The standard InChI is InChI=1S/C21H25NO3S/c1-15(26-17-8-5-4-6-9-17)21(23)22-13-7-10-19(22)18-14-16(24-2)11-12-20(18)25-3/h4-6,8-9,11-12,14-15,19H,7,10,13H2,1-3H3/t15-,19+/m1/s1. The second kappa shape index (κ2) is 8.49. The third kappa shape index (κ3) is 3.98. The van der Waals surface area contributed by atoms with Crippen LogP contribution >= 0.6 is 11.8 Å². The first-order chi connectivity index (χ1) is 12.6. The zero-order valence-corrected chi connectivity index (χ0v) is 16.3. The van der Waals surface area contributed by atoms with E-state index in [-0.39, 0.29) is 17.2 Å². The van der Waals surface area contributed by atoms with Gasteiger partial charge in [0, 0.05) is 17.0 Å². The van der Waals surface area contributed by atoms with Crippen molar-refractivity contribution in [2.45, 2.75) is 36.0 Å². The van der Waals surface area contributed by atoms with E-state index in [0.29, 0.717) is 0 Å². The minimum absolute atomic E-state index is 0.0337. The molecule has 1 saturated heterocycles. The van der Waals surface area contributed by atoms with E-state index in [1.165, 1.54) is 0 Å². The Morgan fingerprint density at radius 3 is 2.62 bits per heavy atom. The maximum Gasteiger partial charge on any atom is 0.236 e. The molecule has 1 fully saturated rings. The van der Waals surface area contributed by atoms with E-state index in [4.69, 9.17) is 9.47 Å². The molecular formula is C21H25NO3S. The lowest BCUT2D eigenvalue weighted by Gasteiger charge is -2.29. The number of likely N-dealkylation sites (tertiary alicyclic amines) is 1. The number of nitrogens with zero attached hydrogens (tertiary/aromatic N) is 1. The van der Waals surface area contributed by atoms with Crippen LogP contribution < -0.4 is 9.47 Å². The van der Waals surface area contributed by atoms with Crippen LogP contribution in [-0.4, -0.2) is 36.8 Å². The van der Waals surface area contributed by atoms with Crippen molar-refractivity contribution in [1.82, 2.24) is 4.90 Å². The second-order valence-electron chi connectivity index (χ2n) is 6.37. The fourth-order valence-corrected chi connectivity index (χ4v) is 4.40. The molecule has 3 rings (SSSR count). The largest absolute Gasteiger partial charge is 0.497 e. The van der Waals surface area contributed by atoms with Gasteiger partial charge in [-0.1, -0.05) is 18.2 Å². The van der Waals surface area contributed by atoms with Crippen molar-refractivity contribution < 1.29 is 14.3 Å². The quantitative estimate of drug-likeness (QED) is 0.699. The van der Waals surface area contributed by atoms with Gasteiger partial charge < -0.3 is 14.4 Å². The minimum Gasteiger partial charge on any atom is -0.497 e. The van der Waals surface area contributed by atoms with Gasteiger partial charge in [0.05, 0.1) is 25.5 Å². The van der Waals surface area contributed by atoms with Gasteiger partial charge in [-0.15, -0.1) is 11.8 Å². The van der Waals surface area contributed by atoms with Crippen LogP contribution in [0.5, 0.6) is 11.5 Å². The van der Waals surface area contributed by atoms with Crippen molar-refractivity contribution in [1.29, 1.82) is 0 Å². The number of carbonyl (C=O) groups excluding carboxylic acids is 1. The van der Waals surface area contributed by atoms with Gasteiger partial charge in [-0.25, -0.2) is 0 Å². The maximum atomic E-state index is 13.1. The Balaban J connectivity index is 1.80. The molecule has 1 amide bonds. The van der Waals surface area contributed by atoms with Gasteiger partial charge in [0.2, 0.25) is 5.91 Å². The molecule has 4 nitrogen and oxygen atoms in total. The maximum absolute atomic E-state index is 13.1. The SMILES string of the molecule is COc1ccc(OC)c([C@@H]2CCCN2C(=O)[C@@H](C)Sc2ccccc2)c1. The van der Waals surface area contributed by atoms with Crippen LogP contribution in [0.1, 0.15) is 31.4 Å². The summed E-state index contributed by atoms with van der Waals surface area (Å²) in [5.41, 5.74) is 1.02. The van der Waals surface area contributed by atoms with Crippen molar-refractivity contribution in [2.24, 2.45) is 0 Å². The average molecular weight is 372 g/mol. The highest BCUT2D eigenvalue weighted by Gasteiger charge is 2.34. The molecular weight excluding hydrogens is 346 g/mol. The molecule has 2 aromatic rings. The predicted octanol–water partition coefficient (Wildman–Crippen LogP) is 4.55. The second-order valence-corrected chi connectivity index (χ2v) is 7.78. The summed E-state index contributed by atoms with van der Waals surface area (Å²) < 4.78 is 10.9. The summed E-state index contributed by atoms with van der Waals surface area (Å²) in [5, 5.41) is -0.130. The Hall–Kier alpha value is -2.14. The van der Waals surface area contributed by atoms with E-state index < -0.39 is 0 Å². The first kappa shape index (κ1) is 18.6. The number of benzene rings is 2. The van der Waals surface area contributed by atoms with E-state index in [1.807, 2.05) is 60.4 Å². The molecule has 2 aromatic carbocycles. The third-order valence-corrected chi connectivity index (χ3v) is 5.84. The number of hydrogen-bond donors (Lipinski definition) is 0. The van der Waals surface area contributed by atoms with Crippen molar-refractivity contribution >= 4 is 17.7 Å². The van der Waals surface area contributed by atoms with Crippen LogP contribution in [0, 0.1) is 0 Å². The van der Waals surface area contributed by atoms with Crippen LogP contribution in [0.3, 0.4) is 0 Å². The number of carbonyl (C=O) groups is 1. The first-order valence-electron chi connectivity index (χ1n) is 8.88. The Bertz CT molecular complexity index is 750. The zero-order chi connectivity index (χ0) is 18.5. The Morgan fingerprint density at radius 2 is 1.92 bits per heavy atom. The Kier molecular flexibility index (Phi) is 6.09. The summed E-state index contributed by atoms with van der Waals surface area (Å²) in [7, 11) is 3.32. The van der Waals surface area contributed by atoms with E-state index >= 15 is 0 Å². The highest BCUT2D eigenvalue weighted by molar-refractivity contribution is 8.00. The molecule has 0 saturated carbocycles. The van der Waals surface area contributed by atoms with Crippen LogP contribution in [0.4, 0.5) is 0 Å².